The average molecular weight is 208 g/mol. The maximum Gasteiger partial charge on any atom is 0.0911 e. The summed E-state index contributed by atoms with van der Waals surface area (Å²) in [5, 5.41) is 9.55. The Morgan fingerprint density at radius 3 is 2.73 bits per heavy atom. The van der Waals surface area contributed by atoms with Gasteiger partial charge in [-0.15, -0.1) is 0 Å². The summed E-state index contributed by atoms with van der Waals surface area (Å²) in [6.07, 6.45) is 4.38. The highest BCUT2D eigenvalue weighted by Gasteiger charge is 2.12. The van der Waals surface area contributed by atoms with Gasteiger partial charge in [-0.3, -0.25) is 0 Å². The molecule has 1 aromatic heterocycles. The Labute approximate surface area is 91.3 Å². The summed E-state index contributed by atoms with van der Waals surface area (Å²) in [6, 6.07) is 4.00. The fourth-order valence-electron chi connectivity index (χ4n) is 2.27. The monoisotopic (exact) mass is 208 g/mol. The van der Waals surface area contributed by atoms with Crippen molar-refractivity contribution >= 4 is 0 Å². The van der Waals surface area contributed by atoms with E-state index in [0.717, 1.165) is 18.8 Å². The van der Waals surface area contributed by atoms with Crippen molar-refractivity contribution in [3.63, 3.8) is 0 Å². The predicted molar refractivity (Wildman–Crippen MR) is 60.7 cm³/mol. The second kappa shape index (κ2) is 4.81. The number of rotatable bonds is 4. The van der Waals surface area contributed by atoms with Gasteiger partial charge < -0.3 is 14.6 Å². The third-order valence-corrected chi connectivity index (χ3v) is 3.15. The minimum absolute atomic E-state index is 0.362. The summed E-state index contributed by atoms with van der Waals surface area (Å²) in [4.78, 5) is 2.49. The fraction of sp³-hybridized carbons (Fsp3) is 0.667. The van der Waals surface area contributed by atoms with Crippen LogP contribution in [0, 0.1) is 0 Å². The molecule has 1 atom stereocenters. The number of aliphatic hydroxyl groups excluding tert-OH is 1. The van der Waals surface area contributed by atoms with Gasteiger partial charge in [-0.1, -0.05) is 0 Å². The normalized spacial score (nSPS) is 19.6. The molecule has 0 spiro atoms. The molecule has 2 rings (SSSR count). The van der Waals surface area contributed by atoms with Gasteiger partial charge in [-0.25, -0.2) is 0 Å². The first-order valence-electron chi connectivity index (χ1n) is 5.83. The van der Waals surface area contributed by atoms with E-state index in [1.54, 1.807) is 0 Å². The molecule has 2 heterocycles. The number of likely N-dealkylation sites (tertiary alicyclic amines) is 1. The van der Waals surface area contributed by atoms with E-state index in [2.05, 4.69) is 15.7 Å². The van der Waals surface area contributed by atoms with Crippen molar-refractivity contribution < 1.29 is 5.11 Å². The van der Waals surface area contributed by atoms with Crippen molar-refractivity contribution in [3.05, 3.63) is 24.0 Å². The lowest BCUT2D eigenvalue weighted by Crippen LogP contribution is -2.24. The lowest BCUT2D eigenvalue weighted by molar-refractivity contribution is 0.187. The quantitative estimate of drug-likeness (QED) is 0.814. The first-order valence-corrected chi connectivity index (χ1v) is 5.83. The minimum Gasteiger partial charge on any atom is -0.387 e. The standard InChI is InChI=1S/C12H20N2O/c1-11(15)12-5-4-8-14(12)10-9-13-6-2-3-7-13/h4-5,8,11,15H,2-3,6-7,9-10H2,1H3. The van der Waals surface area contributed by atoms with Crippen LogP contribution in [0.3, 0.4) is 0 Å². The number of aromatic nitrogens is 1. The first kappa shape index (κ1) is 10.7. The van der Waals surface area contributed by atoms with Gasteiger partial charge in [0.05, 0.1) is 6.10 Å². The van der Waals surface area contributed by atoms with Crippen molar-refractivity contribution in [1.29, 1.82) is 0 Å². The number of nitrogens with zero attached hydrogens (tertiary/aromatic N) is 2. The number of aliphatic hydroxyl groups is 1. The van der Waals surface area contributed by atoms with E-state index < -0.39 is 0 Å². The van der Waals surface area contributed by atoms with E-state index in [4.69, 9.17) is 0 Å². The highest BCUT2D eigenvalue weighted by molar-refractivity contribution is 5.09. The van der Waals surface area contributed by atoms with E-state index in [-0.39, 0.29) is 6.10 Å². The van der Waals surface area contributed by atoms with Crippen LogP contribution in [0.2, 0.25) is 0 Å². The molecule has 0 saturated carbocycles. The van der Waals surface area contributed by atoms with E-state index in [1.165, 1.54) is 25.9 Å². The molecule has 1 N–H and O–H groups in total. The SMILES string of the molecule is CC(O)c1cccn1CCN1CCCC1. The maximum atomic E-state index is 9.55. The molecule has 84 valence electrons. The largest absolute Gasteiger partial charge is 0.387 e. The predicted octanol–water partition coefficient (Wildman–Crippen LogP) is 1.64. The van der Waals surface area contributed by atoms with Crippen LogP contribution in [0.4, 0.5) is 0 Å². The summed E-state index contributed by atoms with van der Waals surface area (Å²) >= 11 is 0. The van der Waals surface area contributed by atoms with Crippen LogP contribution in [0.25, 0.3) is 0 Å². The lowest BCUT2D eigenvalue weighted by Gasteiger charge is -2.17. The molecule has 1 fully saturated rings. The zero-order valence-corrected chi connectivity index (χ0v) is 9.39. The molecular weight excluding hydrogens is 188 g/mol. The van der Waals surface area contributed by atoms with Crippen molar-refractivity contribution in [3.8, 4) is 0 Å². The molecule has 15 heavy (non-hydrogen) atoms. The van der Waals surface area contributed by atoms with Gasteiger partial charge in [0.25, 0.3) is 0 Å². The van der Waals surface area contributed by atoms with Crippen molar-refractivity contribution in [2.24, 2.45) is 0 Å². The van der Waals surface area contributed by atoms with Gasteiger partial charge in [0.15, 0.2) is 0 Å². The minimum atomic E-state index is -0.362. The molecule has 0 aliphatic carbocycles. The van der Waals surface area contributed by atoms with Gasteiger partial charge in [0, 0.05) is 25.0 Å². The van der Waals surface area contributed by atoms with Crippen molar-refractivity contribution in [2.75, 3.05) is 19.6 Å². The molecule has 1 saturated heterocycles. The van der Waals surface area contributed by atoms with Crippen LogP contribution in [0.15, 0.2) is 18.3 Å². The highest BCUT2D eigenvalue weighted by Crippen LogP contribution is 2.13. The van der Waals surface area contributed by atoms with E-state index in [1.807, 2.05) is 19.1 Å². The third-order valence-electron chi connectivity index (χ3n) is 3.15. The molecule has 3 heteroatoms. The van der Waals surface area contributed by atoms with Gasteiger partial charge >= 0.3 is 0 Å². The second-order valence-electron chi connectivity index (χ2n) is 4.35. The zero-order valence-electron chi connectivity index (χ0n) is 9.39. The van der Waals surface area contributed by atoms with Gasteiger partial charge in [-0.05, 0) is 45.0 Å². The summed E-state index contributed by atoms with van der Waals surface area (Å²) < 4.78 is 2.16. The first-order chi connectivity index (χ1) is 7.27. The Morgan fingerprint density at radius 2 is 2.07 bits per heavy atom. The second-order valence-corrected chi connectivity index (χ2v) is 4.35. The van der Waals surface area contributed by atoms with Gasteiger partial charge in [-0.2, -0.15) is 0 Å². The molecular formula is C12H20N2O. The smallest absolute Gasteiger partial charge is 0.0911 e. The summed E-state index contributed by atoms with van der Waals surface area (Å²) in [5.41, 5.74) is 1.02. The van der Waals surface area contributed by atoms with Gasteiger partial charge in [0.2, 0.25) is 0 Å². The maximum absolute atomic E-state index is 9.55. The Kier molecular flexibility index (Phi) is 3.44. The lowest BCUT2D eigenvalue weighted by atomic mass is 10.3. The zero-order chi connectivity index (χ0) is 10.7. The highest BCUT2D eigenvalue weighted by atomic mass is 16.3. The van der Waals surface area contributed by atoms with E-state index in [9.17, 15) is 5.11 Å². The molecule has 1 unspecified atom stereocenters. The van der Waals surface area contributed by atoms with Crippen LogP contribution in [0.1, 0.15) is 31.6 Å². The Morgan fingerprint density at radius 1 is 1.33 bits per heavy atom. The molecule has 1 aliphatic rings. The van der Waals surface area contributed by atoms with Crippen LogP contribution in [-0.4, -0.2) is 34.2 Å². The van der Waals surface area contributed by atoms with Crippen molar-refractivity contribution in [1.82, 2.24) is 9.47 Å². The fourth-order valence-corrected chi connectivity index (χ4v) is 2.27. The number of hydrogen-bond donors (Lipinski definition) is 1. The Balaban J connectivity index is 1.89. The summed E-state index contributed by atoms with van der Waals surface area (Å²) in [6.45, 7) is 6.40. The summed E-state index contributed by atoms with van der Waals surface area (Å²) in [7, 11) is 0. The van der Waals surface area contributed by atoms with Crippen LogP contribution >= 0.6 is 0 Å². The Hall–Kier alpha value is -0.800. The molecule has 0 amide bonds. The van der Waals surface area contributed by atoms with E-state index in [0.29, 0.717) is 0 Å². The Bertz CT molecular complexity index is 300. The van der Waals surface area contributed by atoms with E-state index >= 15 is 0 Å². The van der Waals surface area contributed by atoms with Crippen LogP contribution < -0.4 is 0 Å². The molecule has 0 radical (unpaired) electrons. The molecule has 0 bridgehead atoms. The summed E-state index contributed by atoms with van der Waals surface area (Å²) in [5.74, 6) is 0. The van der Waals surface area contributed by atoms with Gasteiger partial charge in [0.1, 0.15) is 0 Å². The van der Waals surface area contributed by atoms with Crippen LogP contribution in [-0.2, 0) is 6.54 Å². The molecule has 0 aromatic carbocycles. The average Bonchev–Trinajstić information content (AvgIpc) is 2.86. The third kappa shape index (κ3) is 2.61. The molecule has 3 nitrogen and oxygen atoms in total. The van der Waals surface area contributed by atoms with Crippen molar-refractivity contribution in [2.45, 2.75) is 32.4 Å². The number of hydrogen-bond acceptors (Lipinski definition) is 2. The molecule has 1 aliphatic heterocycles. The topological polar surface area (TPSA) is 28.4 Å². The molecule has 1 aromatic rings. The van der Waals surface area contributed by atoms with Crippen LogP contribution in [0.5, 0.6) is 0 Å².